The molecule has 2 aromatic carbocycles. The Morgan fingerprint density at radius 2 is 1.52 bits per heavy atom. The molecule has 0 bridgehead atoms. The fraction of sp³-hybridized carbons (Fsp3) is 0. The number of hydrogen-bond acceptors (Lipinski definition) is 5. The van der Waals surface area contributed by atoms with Gasteiger partial charge in [-0.1, -0.05) is 27.5 Å². The van der Waals surface area contributed by atoms with Gasteiger partial charge in [0.05, 0.1) is 15.4 Å². The van der Waals surface area contributed by atoms with Gasteiger partial charge in [0.25, 0.3) is 17.3 Å². The first-order valence-corrected chi connectivity index (χ1v) is 7.16. The molecule has 0 spiro atoms. The number of rotatable bonds is 4. The van der Waals surface area contributed by atoms with Gasteiger partial charge in [-0.2, -0.15) is 0 Å². The Morgan fingerprint density at radius 1 is 1.04 bits per heavy atom. The smallest absolute Gasteiger partial charge is 0.295 e. The number of carbonyl (C=O) groups is 1. The van der Waals surface area contributed by atoms with Gasteiger partial charge < -0.3 is 5.32 Å². The van der Waals surface area contributed by atoms with Crippen molar-refractivity contribution >= 4 is 50.5 Å². The second-order valence-corrected chi connectivity index (χ2v) is 5.60. The highest BCUT2D eigenvalue weighted by Gasteiger charge is 2.27. The Bertz CT molecular complexity index is 775. The third-order valence-electron chi connectivity index (χ3n) is 2.79. The first kappa shape index (κ1) is 16.8. The quantitative estimate of drug-likeness (QED) is 0.611. The summed E-state index contributed by atoms with van der Waals surface area (Å²) in [6.45, 7) is 0. The summed E-state index contributed by atoms with van der Waals surface area (Å²) in [5.41, 5.74) is -1.22. The second-order valence-electron chi connectivity index (χ2n) is 4.30. The van der Waals surface area contributed by atoms with E-state index in [1.807, 2.05) is 0 Å². The minimum atomic E-state index is -0.883. The number of hydrogen-bond donors (Lipinski definition) is 1. The van der Waals surface area contributed by atoms with E-state index in [4.69, 9.17) is 11.6 Å². The van der Waals surface area contributed by atoms with Gasteiger partial charge in [-0.25, -0.2) is 0 Å². The molecular weight excluding hydrogens is 394 g/mol. The Labute approximate surface area is 142 Å². The predicted octanol–water partition coefficient (Wildman–Crippen LogP) is 4.17. The molecule has 0 fully saturated rings. The molecule has 1 amide bonds. The number of nitrogens with one attached hydrogen (secondary N) is 1. The maximum absolute atomic E-state index is 12.1. The van der Waals surface area contributed by atoms with E-state index in [9.17, 15) is 25.0 Å². The van der Waals surface area contributed by atoms with Crippen LogP contribution in [0.1, 0.15) is 10.4 Å². The zero-order valence-electron chi connectivity index (χ0n) is 11.2. The summed E-state index contributed by atoms with van der Waals surface area (Å²) in [5, 5.41) is 23.7. The van der Waals surface area contributed by atoms with E-state index in [1.54, 1.807) is 24.3 Å². The van der Waals surface area contributed by atoms with Crippen molar-refractivity contribution in [3.05, 3.63) is 71.7 Å². The maximum Gasteiger partial charge on any atom is 0.295 e. The Morgan fingerprint density at radius 3 is 1.96 bits per heavy atom. The number of amides is 1. The average molecular weight is 401 g/mol. The van der Waals surface area contributed by atoms with Crippen molar-refractivity contribution in [3.8, 4) is 0 Å². The Kier molecular flexibility index (Phi) is 4.92. The number of benzene rings is 2. The molecule has 0 aliphatic carbocycles. The maximum atomic E-state index is 12.1. The lowest BCUT2D eigenvalue weighted by Gasteiger charge is -2.06. The van der Waals surface area contributed by atoms with Gasteiger partial charge in [0.1, 0.15) is 0 Å². The molecule has 0 aliphatic heterocycles. The van der Waals surface area contributed by atoms with Crippen LogP contribution in [0, 0.1) is 20.2 Å². The topological polar surface area (TPSA) is 115 Å². The molecule has 0 atom stereocenters. The van der Waals surface area contributed by atoms with Crippen molar-refractivity contribution in [2.75, 3.05) is 5.32 Å². The third-order valence-corrected chi connectivity index (χ3v) is 3.71. The molecule has 0 aromatic heterocycles. The summed E-state index contributed by atoms with van der Waals surface area (Å²) in [6, 6.07) is 8.35. The van der Waals surface area contributed by atoms with E-state index in [-0.39, 0.29) is 5.56 Å². The van der Waals surface area contributed by atoms with Gasteiger partial charge in [-0.05, 0) is 24.3 Å². The minimum Gasteiger partial charge on any atom is -0.322 e. The lowest BCUT2D eigenvalue weighted by molar-refractivity contribution is -0.393. The van der Waals surface area contributed by atoms with Crippen molar-refractivity contribution in [3.63, 3.8) is 0 Å². The molecule has 10 heteroatoms. The SMILES string of the molecule is O=C(Nc1ccc(Br)cc1)c1cc([N+](=O)[O-])c(Cl)c([N+](=O)[O-])c1. The molecule has 8 nitrogen and oxygen atoms in total. The monoisotopic (exact) mass is 399 g/mol. The van der Waals surface area contributed by atoms with E-state index in [0.29, 0.717) is 5.69 Å². The van der Waals surface area contributed by atoms with Gasteiger partial charge >= 0.3 is 0 Å². The zero-order chi connectivity index (χ0) is 17.1. The van der Waals surface area contributed by atoms with E-state index < -0.39 is 32.2 Å². The van der Waals surface area contributed by atoms with Crippen LogP contribution in [0.2, 0.25) is 5.02 Å². The van der Waals surface area contributed by atoms with Crippen molar-refractivity contribution in [2.45, 2.75) is 0 Å². The summed E-state index contributed by atoms with van der Waals surface area (Å²) < 4.78 is 0.799. The minimum absolute atomic E-state index is 0.240. The molecule has 2 rings (SSSR count). The normalized spacial score (nSPS) is 10.2. The van der Waals surface area contributed by atoms with Crippen LogP contribution in [-0.2, 0) is 0 Å². The van der Waals surface area contributed by atoms with Crippen LogP contribution in [0.4, 0.5) is 17.1 Å². The molecule has 0 radical (unpaired) electrons. The van der Waals surface area contributed by atoms with Gasteiger partial charge in [0.15, 0.2) is 5.02 Å². The summed E-state index contributed by atoms with van der Waals surface area (Å²) in [5.74, 6) is -0.727. The van der Waals surface area contributed by atoms with Crippen LogP contribution in [0.15, 0.2) is 40.9 Å². The van der Waals surface area contributed by atoms with Crippen LogP contribution in [0.25, 0.3) is 0 Å². The molecule has 2 aromatic rings. The van der Waals surface area contributed by atoms with Crippen molar-refractivity contribution in [1.82, 2.24) is 0 Å². The predicted molar refractivity (Wildman–Crippen MR) is 86.9 cm³/mol. The van der Waals surface area contributed by atoms with Crippen molar-refractivity contribution in [1.29, 1.82) is 0 Å². The number of carbonyl (C=O) groups excluding carboxylic acids is 1. The van der Waals surface area contributed by atoms with E-state index in [1.165, 1.54) is 0 Å². The molecule has 1 N–H and O–H groups in total. The molecule has 0 heterocycles. The fourth-order valence-electron chi connectivity index (χ4n) is 1.73. The zero-order valence-corrected chi connectivity index (χ0v) is 13.5. The van der Waals surface area contributed by atoms with Gasteiger partial charge in [-0.15, -0.1) is 0 Å². The highest BCUT2D eigenvalue weighted by atomic mass is 79.9. The number of anilines is 1. The van der Waals surface area contributed by atoms with E-state index >= 15 is 0 Å². The summed E-state index contributed by atoms with van der Waals surface area (Å²) in [7, 11) is 0. The molecule has 0 saturated heterocycles. The Balaban J connectivity index is 2.41. The standard InChI is InChI=1S/C13H7BrClN3O5/c14-8-1-3-9(4-2-8)16-13(19)7-5-10(17(20)21)12(15)11(6-7)18(22)23/h1-6H,(H,16,19). The van der Waals surface area contributed by atoms with Crippen LogP contribution in [-0.4, -0.2) is 15.8 Å². The van der Waals surface area contributed by atoms with Crippen LogP contribution in [0.3, 0.4) is 0 Å². The van der Waals surface area contributed by atoms with Crippen molar-refractivity contribution < 1.29 is 14.6 Å². The van der Waals surface area contributed by atoms with Crippen LogP contribution >= 0.6 is 27.5 Å². The molecule has 0 aliphatic rings. The Hall–Kier alpha value is -2.52. The first-order valence-electron chi connectivity index (χ1n) is 5.99. The number of halogens is 2. The summed E-state index contributed by atoms with van der Waals surface area (Å²) >= 11 is 8.87. The van der Waals surface area contributed by atoms with Crippen LogP contribution < -0.4 is 5.32 Å². The lowest BCUT2D eigenvalue weighted by atomic mass is 10.1. The summed E-state index contributed by atoms with van der Waals surface area (Å²) in [6.07, 6.45) is 0. The van der Waals surface area contributed by atoms with Crippen molar-refractivity contribution in [2.24, 2.45) is 0 Å². The molecular formula is C13H7BrClN3O5. The van der Waals surface area contributed by atoms with E-state index in [2.05, 4.69) is 21.2 Å². The lowest BCUT2D eigenvalue weighted by Crippen LogP contribution is -2.12. The number of nitro groups is 2. The molecule has 118 valence electrons. The molecule has 0 unspecified atom stereocenters. The fourth-order valence-corrected chi connectivity index (χ4v) is 2.24. The number of nitrogens with zero attached hydrogens (tertiary/aromatic N) is 2. The van der Waals surface area contributed by atoms with Gasteiger partial charge in [0, 0.05) is 22.3 Å². The highest BCUT2D eigenvalue weighted by molar-refractivity contribution is 9.10. The average Bonchev–Trinajstić information content (AvgIpc) is 2.49. The third kappa shape index (κ3) is 3.82. The molecule has 23 heavy (non-hydrogen) atoms. The van der Waals surface area contributed by atoms with Crippen LogP contribution in [0.5, 0.6) is 0 Å². The number of nitro benzene ring substituents is 2. The molecule has 0 saturated carbocycles. The second kappa shape index (κ2) is 6.71. The van der Waals surface area contributed by atoms with Gasteiger partial charge in [0.2, 0.25) is 0 Å². The largest absolute Gasteiger partial charge is 0.322 e. The van der Waals surface area contributed by atoms with E-state index in [0.717, 1.165) is 16.6 Å². The van der Waals surface area contributed by atoms with Gasteiger partial charge in [-0.3, -0.25) is 25.0 Å². The first-order chi connectivity index (χ1) is 10.8. The summed E-state index contributed by atoms with van der Waals surface area (Å²) in [4.78, 5) is 32.2. The highest BCUT2D eigenvalue weighted by Crippen LogP contribution is 2.35.